The molecule has 2 aromatic carbocycles. The third kappa shape index (κ3) is 3.96. The molecule has 0 aromatic heterocycles. The summed E-state index contributed by atoms with van der Waals surface area (Å²) in [6.45, 7) is 6.93. The van der Waals surface area contributed by atoms with Gasteiger partial charge in [-0.3, -0.25) is 9.59 Å². The first-order valence-electron chi connectivity index (χ1n) is 10.3. The molecule has 150 valence electrons. The molecule has 2 aromatic rings. The molecule has 5 heteroatoms. The van der Waals surface area contributed by atoms with Crippen LogP contribution >= 0.6 is 0 Å². The summed E-state index contributed by atoms with van der Waals surface area (Å²) in [5.74, 6) is -0.134. The fourth-order valence-corrected chi connectivity index (χ4v) is 4.14. The molecule has 0 bridgehead atoms. The molecule has 5 nitrogen and oxygen atoms in total. The van der Waals surface area contributed by atoms with Crippen LogP contribution in [-0.2, 0) is 4.79 Å². The van der Waals surface area contributed by atoms with Crippen LogP contribution < -0.4 is 10.6 Å². The highest BCUT2D eigenvalue weighted by atomic mass is 16.2. The molecule has 4 rings (SSSR count). The number of likely N-dealkylation sites (tertiary alicyclic amines) is 1. The van der Waals surface area contributed by atoms with E-state index >= 15 is 0 Å². The van der Waals surface area contributed by atoms with Crippen molar-refractivity contribution in [2.24, 2.45) is 0 Å². The second-order valence-corrected chi connectivity index (χ2v) is 7.74. The van der Waals surface area contributed by atoms with E-state index in [0.29, 0.717) is 17.2 Å². The lowest BCUT2D eigenvalue weighted by Crippen LogP contribution is -2.42. The largest absolute Gasteiger partial charge is 0.381 e. The number of Topliss-reactive ketones (excluding diaryl/α,β-unsaturated/α-hetero) is 1. The van der Waals surface area contributed by atoms with Crippen LogP contribution in [0, 0.1) is 0 Å². The Morgan fingerprint density at radius 1 is 1.10 bits per heavy atom. The minimum Gasteiger partial charge on any atom is -0.381 e. The zero-order chi connectivity index (χ0) is 20.4. The Morgan fingerprint density at radius 3 is 2.48 bits per heavy atom. The minimum atomic E-state index is -0.127. The smallest absolute Gasteiger partial charge is 0.258 e. The van der Waals surface area contributed by atoms with E-state index in [9.17, 15) is 9.59 Å². The third-order valence-electron chi connectivity index (χ3n) is 5.87. The van der Waals surface area contributed by atoms with E-state index < -0.39 is 0 Å². The van der Waals surface area contributed by atoms with Crippen molar-refractivity contribution in [1.29, 1.82) is 0 Å². The molecule has 1 fully saturated rings. The van der Waals surface area contributed by atoms with Gasteiger partial charge in [-0.1, -0.05) is 37.3 Å². The maximum Gasteiger partial charge on any atom is 0.258 e. The highest BCUT2D eigenvalue weighted by Crippen LogP contribution is 2.37. The first-order valence-corrected chi connectivity index (χ1v) is 10.3. The molecule has 0 aliphatic carbocycles. The first-order chi connectivity index (χ1) is 14.1. The number of carbonyl (C=O) groups is 2. The maximum atomic E-state index is 13.0. The second-order valence-electron chi connectivity index (χ2n) is 7.74. The van der Waals surface area contributed by atoms with Crippen molar-refractivity contribution < 1.29 is 9.59 Å². The van der Waals surface area contributed by atoms with Crippen molar-refractivity contribution in [2.75, 3.05) is 25.0 Å². The Balaban J connectivity index is 1.77. The number of anilines is 1. The minimum absolute atomic E-state index is 0.00680. The standard InChI is InChI=1S/C24H27N3O2/c1-3-27-13-11-19(12-14-27)25-23(17-7-5-4-6-8-17)22-20-15-18(16(2)28)9-10-21(20)26-24(22)29/h4-10,15,19,25H,3,11-14H2,1-2H3,(H,26,29)/b23-22-. The van der Waals surface area contributed by atoms with E-state index in [-0.39, 0.29) is 11.7 Å². The van der Waals surface area contributed by atoms with Gasteiger partial charge in [-0.25, -0.2) is 0 Å². The molecular formula is C24H27N3O2. The number of hydrogen-bond donors (Lipinski definition) is 2. The summed E-state index contributed by atoms with van der Waals surface area (Å²) >= 11 is 0. The van der Waals surface area contributed by atoms with E-state index in [1.165, 1.54) is 0 Å². The van der Waals surface area contributed by atoms with Crippen LogP contribution in [0.1, 0.15) is 48.2 Å². The van der Waals surface area contributed by atoms with Gasteiger partial charge in [0.1, 0.15) is 0 Å². The van der Waals surface area contributed by atoms with E-state index in [2.05, 4.69) is 22.5 Å². The molecule has 1 saturated heterocycles. The van der Waals surface area contributed by atoms with Crippen molar-refractivity contribution in [2.45, 2.75) is 32.7 Å². The van der Waals surface area contributed by atoms with Gasteiger partial charge in [0.2, 0.25) is 0 Å². The maximum absolute atomic E-state index is 13.0. The lowest BCUT2D eigenvalue weighted by atomic mass is 9.96. The van der Waals surface area contributed by atoms with Gasteiger partial charge in [-0.05, 0) is 50.1 Å². The summed E-state index contributed by atoms with van der Waals surface area (Å²) in [5.41, 5.74) is 4.61. The van der Waals surface area contributed by atoms with Crippen LogP contribution in [0.15, 0.2) is 48.5 Å². The van der Waals surface area contributed by atoms with Crippen LogP contribution in [0.5, 0.6) is 0 Å². The highest BCUT2D eigenvalue weighted by molar-refractivity contribution is 6.36. The number of ketones is 1. The Bertz CT molecular complexity index is 957. The fourth-order valence-electron chi connectivity index (χ4n) is 4.14. The zero-order valence-corrected chi connectivity index (χ0v) is 17.0. The summed E-state index contributed by atoms with van der Waals surface area (Å²) in [7, 11) is 0. The average Bonchev–Trinajstić information content (AvgIpc) is 3.07. The summed E-state index contributed by atoms with van der Waals surface area (Å²) in [6, 6.07) is 15.7. The predicted octanol–water partition coefficient (Wildman–Crippen LogP) is 3.78. The van der Waals surface area contributed by atoms with Crippen LogP contribution in [-0.4, -0.2) is 42.3 Å². The molecular weight excluding hydrogens is 362 g/mol. The number of carbonyl (C=O) groups excluding carboxylic acids is 2. The monoisotopic (exact) mass is 389 g/mol. The van der Waals surface area contributed by atoms with Gasteiger partial charge in [0.05, 0.1) is 11.3 Å². The number of benzene rings is 2. The second kappa shape index (κ2) is 8.21. The molecule has 0 saturated carbocycles. The normalized spacial score (nSPS) is 18.9. The summed E-state index contributed by atoms with van der Waals surface area (Å²) < 4.78 is 0. The lowest BCUT2D eigenvalue weighted by Gasteiger charge is -2.33. The van der Waals surface area contributed by atoms with E-state index in [1.54, 1.807) is 13.0 Å². The third-order valence-corrected chi connectivity index (χ3v) is 5.87. The molecule has 2 aliphatic heterocycles. The number of rotatable bonds is 5. The van der Waals surface area contributed by atoms with Crippen LogP contribution in [0.25, 0.3) is 11.3 Å². The van der Waals surface area contributed by atoms with Crippen molar-refractivity contribution in [1.82, 2.24) is 10.2 Å². The van der Waals surface area contributed by atoms with E-state index in [1.807, 2.05) is 42.5 Å². The van der Waals surface area contributed by atoms with Crippen LogP contribution in [0.4, 0.5) is 5.69 Å². The SMILES string of the molecule is CCN1CCC(N/C(=C2\C(=O)Nc3ccc(C(C)=O)cc32)c2ccccc2)CC1. The molecule has 0 atom stereocenters. The van der Waals surface area contributed by atoms with Crippen molar-refractivity contribution in [3.8, 4) is 0 Å². The number of hydrogen-bond acceptors (Lipinski definition) is 4. The van der Waals surface area contributed by atoms with Crippen LogP contribution in [0.3, 0.4) is 0 Å². The average molecular weight is 389 g/mol. The number of amides is 1. The Labute approximate surface area is 171 Å². The van der Waals surface area contributed by atoms with Gasteiger partial charge in [0, 0.05) is 35.9 Å². The molecule has 0 unspecified atom stereocenters. The Hall–Kier alpha value is -2.92. The number of nitrogens with zero attached hydrogens (tertiary/aromatic N) is 1. The molecule has 2 heterocycles. The van der Waals surface area contributed by atoms with Gasteiger partial charge >= 0.3 is 0 Å². The lowest BCUT2D eigenvalue weighted by molar-refractivity contribution is -0.110. The number of fused-ring (bicyclic) bond motifs is 1. The zero-order valence-electron chi connectivity index (χ0n) is 17.0. The predicted molar refractivity (Wildman–Crippen MR) is 117 cm³/mol. The molecule has 2 aliphatic rings. The molecule has 1 amide bonds. The first kappa shape index (κ1) is 19.4. The summed E-state index contributed by atoms with van der Waals surface area (Å²) in [4.78, 5) is 27.3. The van der Waals surface area contributed by atoms with Crippen molar-refractivity contribution in [3.63, 3.8) is 0 Å². The molecule has 0 radical (unpaired) electrons. The quantitative estimate of drug-likeness (QED) is 0.603. The van der Waals surface area contributed by atoms with Crippen molar-refractivity contribution in [3.05, 3.63) is 65.2 Å². The van der Waals surface area contributed by atoms with E-state index in [0.717, 1.165) is 55.0 Å². The number of nitrogens with one attached hydrogen (secondary N) is 2. The van der Waals surface area contributed by atoms with Gasteiger partial charge in [-0.2, -0.15) is 0 Å². The van der Waals surface area contributed by atoms with Crippen molar-refractivity contribution >= 4 is 28.6 Å². The van der Waals surface area contributed by atoms with Crippen LogP contribution in [0.2, 0.25) is 0 Å². The summed E-state index contributed by atoms with van der Waals surface area (Å²) in [5, 5.41) is 6.65. The summed E-state index contributed by atoms with van der Waals surface area (Å²) in [6.07, 6.45) is 2.08. The molecule has 29 heavy (non-hydrogen) atoms. The Morgan fingerprint density at radius 2 is 1.83 bits per heavy atom. The Kier molecular flexibility index (Phi) is 5.49. The number of piperidine rings is 1. The van der Waals surface area contributed by atoms with Gasteiger partial charge in [-0.15, -0.1) is 0 Å². The van der Waals surface area contributed by atoms with E-state index in [4.69, 9.17) is 0 Å². The highest BCUT2D eigenvalue weighted by Gasteiger charge is 2.30. The van der Waals surface area contributed by atoms with Gasteiger partial charge in [0.25, 0.3) is 5.91 Å². The molecule has 2 N–H and O–H groups in total. The van der Waals surface area contributed by atoms with Gasteiger partial charge < -0.3 is 15.5 Å². The van der Waals surface area contributed by atoms with Gasteiger partial charge in [0.15, 0.2) is 5.78 Å². The topological polar surface area (TPSA) is 61.4 Å². The fraction of sp³-hybridized carbons (Fsp3) is 0.333. The molecule has 0 spiro atoms.